The van der Waals surface area contributed by atoms with E-state index in [9.17, 15) is 0 Å². The van der Waals surface area contributed by atoms with E-state index >= 15 is 0 Å². The largest absolute Gasteiger partial charge is 0.399 e. The van der Waals surface area contributed by atoms with Crippen LogP contribution in [0.3, 0.4) is 0 Å². The third kappa shape index (κ3) is 2.78. The fraction of sp³-hybridized carbons (Fsp3) is 0.571. The van der Waals surface area contributed by atoms with E-state index in [0.29, 0.717) is 17.3 Å². The topological polar surface area (TPSA) is 29.3 Å². The molecule has 0 aromatic heterocycles. The average Bonchev–Trinajstić information content (AvgIpc) is 2.32. The summed E-state index contributed by atoms with van der Waals surface area (Å²) in [6.45, 7) is 8.12. The van der Waals surface area contributed by atoms with Crippen LogP contribution in [0.15, 0.2) is 24.3 Å². The van der Waals surface area contributed by atoms with Crippen LogP contribution in [-0.2, 0) is 0 Å². The molecule has 3 atom stereocenters. The van der Waals surface area contributed by atoms with Gasteiger partial charge in [-0.15, -0.1) is 0 Å². The summed E-state index contributed by atoms with van der Waals surface area (Å²) >= 11 is 2.08. The standard InChI is InChI=1S/C14H22N2S/c1-10-12(3)17-8-7-16(10)11(2)13-5-4-6-14(15)9-13/h4-6,9-12H,7-8,15H2,1-3H3. The average molecular weight is 250 g/mol. The fourth-order valence-electron chi connectivity index (χ4n) is 2.51. The van der Waals surface area contributed by atoms with E-state index in [1.807, 2.05) is 12.1 Å². The van der Waals surface area contributed by atoms with Gasteiger partial charge in [-0.05, 0) is 31.5 Å². The molecule has 0 saturated carbocycles. The van der Waals surface area contributed by atoms with Crippen molar-refractivity contribution in [1.82, 2.24) is 4.90 Å². The van der Waals surface area contributed by atoms with E-state index in [0.717, 1.165) is 5.69 Å². The Hall–Kier alpha value is -0.670. The normalized spacial score (nSPS) is 27.9. The van der Waals surface area contributed by atoms with Crippen LogP contribution < -0.4 is 5.73 Å². The van der Waals surface area contributed by atoms with Crippen LogP contribution in [0.25, 0.3) is 0 Å². The van der Waals surface area contributed by atoms with Gasteiger partial charge in [0.15, 0.2) is 0 Å². The Kier molecular flexibility index (Phi) is 4.00. The molecule has 0 bridgehead atoms. The Bertz CT molecular complexity index is 380. The minimum Gasteiger partial charge on any atom is -0.399 e. The second-order valence-electron chi connectivity index (χ2n) is 4.90. The highest BCUT2D eigenvalue weighted by Gasteiger charge is 2.29. The molecule has 0 amide bonds. The van der Waals surface area contributed by atoms with Crippen molar-refractivity contribution in [2.75, 3.05) is 18.0 Å². The van der Waals surface area contributed by atoms with Crippen molar-refractivity contribution in [2.24, 2.45) is 0 Å². The summed E-state index contributed by atoms with van der Waals surface area (Å²) in [6, 6.07) is 9.37. The summed E-state index contributed by atoms with van der Waals surface area (Å²) in [4.78, 5) is 2.59. The summed E-state index contributed by atoms with van der Waals surface area (Å²) in [5, 5.41) is 0.715. The molecule has 0 aliphatic carbocycles. The molecule has 2 nitrogen and oxygen atoms in total. The summed E-state index contributed by atoms with van der Waals surface area (Å²) in [5.41, 5.74) is 8.06. The molecule has 1 aromatic carbocycles. The molecule has 3 heteroatoms. The first-order valence-electron chi connectivity index (χ1n) is 6.32. The number of nitrogens with zero attached hydrogens (tertiary/aromatic N) is 1. The highest BCUT2D eigenvalue weighted by Crippen LogP contribution is 2.31. The number of anilines is 1. The fourth-order valence-corrected chi connectivity index (χ4v) is 3.64. The van der Waals surface area contributed by atoms with Gasteiger partial charge in [0.25, 0.3) is 0 Å². The minimum atomic E-state index is 0.455. The number of nitrogen functional groups attached to an aromatic ring is 1. The number of hydrogen-bond acceptors (Lipinski definition) is 3. The van der Waals surface area contributed by atoms with E-state index in [1.165, 1.54) is 17.9 Å². The molecule has 1 fully saturated rings. The van der Waals surface area contributed by atoms with Crippen LogP contribution >= 0.6 is 11.8 Å². The smallest absolute Gasteiger partial charge is 0.0324 e. The van der Waals surface area contributed by atoms with Gasteiger partial charge < -0.3 is 5.73 Å². The minimum absolute atomic E-state index is 0.455. The molecule has 0 radical (unpaired) electrons. The number of nitrogens with two attached hydrogens (primary N) is 1. The Morgan fingerprint density at radius 2 is 2.18 bits per heavy atom. The van der Waals surface area contributed by atoms with Crippen LogP contribution in [0.5, 0.6) is 0 Å². The molecule has 1 aliphatic heterocycles. The molecule has 2 rings (SSSR count). The van der Waals surface area contributed by atoms with Gasteiger partial charge in [-0.25, -0.2) is 0 Å². The van der Waals surface area contributed by atoms with Crippen molar-refractivity contribution in [3.8, 4) is 0 Å². The maximum absolute atomic E-state index is 5.87. The Labute approximate surface area is 109 Å². The summed E-state index contributed by atoms with van der Waals surface area (Å²) < 4.78 is 0. The van der Waals surface area contributed by atoms with Gasteiger partial charge in [-0.3, -0.25) is 4.90 Å². The van der Waals surface area contributed by atoms with Crippen LogP contribution in [0.2, 0.25) is 0 Å². The monoisotopic (exact) mass is 250 g/mol. The van der Waals surface area contributed by atoms with Crippen molar-refractivity contribution in [1.29, 1.82) is 0 Å². The number of benzene rings is 1. The molecule has 94 valence electrons. The number of rotatable bonds is 2. The lowest BCUT2D eigenvalue weighted by molar-refractivity contribution is 0.158. The second-order valence-corrected chi connectivity index (χ2v) is 6.39. The van der Waals surface area contributed by atoms with Crippen LogP contribution in [-0.4, -0.2) is 28.5 Å². The van der Waals surface area contributed by atoms with Crippen LogP contribution in [0.1, 0.15) is 32.4 Å². The van der Waals surface area contributed by atoms with Crippen LogP contribution in [0.4, 0.5) is 5.69 Å². The predicted octanol–water partition coefficient (Wildman–Crippen LogP) is 3.16. The lowest BCUT2D eigenvalue weighted by atomic mass is 10.0. The number of thioether (sulfide) groups is 1. The van der Waals surface area contributed by atoms with Gasteiger partial charge in [0, 0.05) is 35.3 Å². The molecule has 1 heterocycles. The van der Waals surface area contributed by atoms with Gasteiger partial charge in [-0.1, -0.05) is 19.1 Å². The van der Waals surface area contributed by atoms with Gasteiger partial charge in [0.2, 0.25) is 0 Å². The zero-order valence-electron chi connectivity index (χ0n) is 10.9. The van der Waals surface area contributed by atoms with E-state index in [-0.39, 0.29) is 0 Å². The highest BCUT2D eigenvalue weighted by atomic mass is 32.2. The molecule has 1 saturated heterocycles. The number of hydrogen-bond donors (Lipinski definition) is 1. The molecule has 1 aromatic rings. The SMILES string of the molecule is CC1SCCN(C(C)c2cccc(N)c2)C1C. The Morgan fingerprint density at radius 1 is 1.41 bits per heavy atom. The molecule has 0 spiro atoms. The van der Waals surface area contributed by atoms with E-state index in [1.54, 1.807) is 0 Å². The zero-order valence-corrected chi connectivity index (χ0v) is 11.7. The van der Waals surface area contributed by atoms with Gasteiger partial charge in [0.1, 0.15) is 0 Å². The van der Waals surface area contributed by atoms with Crippen molar-refractivity contribution < 1.29 is 0 Å². The van der Waals surface area contributed by atoms with E-state index in [4.69, 9.17) is 5.73 Å². The highest BCUT2D eigenvalue weighted by molar-refractivity contribution is 8.00. The third-order valence-electron chi connectivity index (χ3n) is 3.82. The molecule has 3 unspecified atom stereocenters. The first kappa shape index (κ1) is 12.8. The van der Waals surface area contributed by atoms with E-state index < -0.39 is 0 Å². The molecular formula is C14H22N2S. The van der Waals surface area contributed by atoms with Crippen LogP contribution in [0, 0.1) is 0 Å². The third-order valence-corrected chi connectivity index (χ3v) is 5.16. The maximum Gasteiger partial charge on any atom is 0.0324 e. The first-order valence-corrected chi connectivity index (χ1v) is 7.37. The summed E-state index contributed by atoms with van der Waals surface area (Å²) in [5.74, 6) is 1.23. The maximum atomic E-state index is 5.87. The van der Waals surface area contributed by atoms with Gasteiger partial charge >= 0.3 is 0 Å². The lowest BCUT2D eigenvalue weighted by Crippen LogP contribution is -2.45. The summed E-state index contributed by atoms with van der Waals surface area (Å²) in [6.07, 6.45) is 0. The second kappa shape index (κ2) is 5.32. The van der Waals surface area contributed by atoms with Crippen molar-refractivity contribution in [3.63, 3.8) is 0 Å². The zero-order chi connectivity index (χ0) is 12.4. The molecule has 17 heavy (non-hydrogen) atoms. The lowest BCUT2D eigenvalue weighted by Gasteiger charge is -2.41. The van der Waals surface area contributed by atoms with E-state index in [2.05, 4.69) is 49.6 Å². The van der Waals surface area contributed by atoms with Crippen molar-refractivity contribution in [3.05, 3.63) is 29.8 Å². The van der Waals surface area contributed by atoms with Gasteiger partial charge in [-0.2, -0.15) is 11.8 Å². The van der Waals surface area contributed by atoms with Crippen molar-refractivity contribution >= 4 is 17.4 Å². The Balaban J connectivity index is 2.16. The van der Waals surface area contributed by atoms with Gasteiger partial charge in [0.05, 0.1) is 0 Å². The molecule has 2 N–H and O–H groups in total. The first-order chi connectivity index (χ1) is 8.09. The Morgan fingerprint density at radius 3 is 2.88 bits per heavy atom. The summed E-state index contributed by atoms with van der Waals surface area (Å²) in [7, 11) is 0. The molecule has 1 aliphatic rings. The predicted molar refractivity (Wildman–Crippen MR) is 77.4 cm³/mol. The quantitative estimate of drug-likeness (QED) is 0.818. The molecular weight excluding hydrogens is 228 g/mol. The van der Waals surface area contributed by atoms with Crippen molar-refractivity contribution in [2.45, 2.75) is 38.1 Å².